The van der Waals surface area contributed by atoms with Crippen molar-refractivity contribution in [2.75, 3.05) is 12.3 Å². The third kappa shape index (κ3) is 2.11. The van der Waals surface area contributed by atoms with Crippen molar-refractivity contribution in [3.8, 4) is 0 Å². The summed E-state index contributed by atoms with van der Waals surface area (Å²) >= 11 is 1.95. The molecule has 3 aliphatic rings. The number of hydrogen-bond donors (Lipinski definition) is 1. The molecule has 1 heterocycles. The molecule has 0 aromatic rings. The molecule has 3 atom stereocenters. The molecule has 3 heteroatoms. The van der Waals surface area contributed by atoms with Crippen molar-refractivity contribution in [1.82, 2.24) is 5.32 Å². The summed E-state index contributed by atoms with van der Waals surface area (Å²) in [4.78, 5) is 4.77. The van der Waals surface area contributed by atoms with Crippen molar-refractivity contribution in [1.29, 1.82) is 0 Å². The Bertz CT molecular complexity index is 311. The first-order valence-electron chi connectivity index (χ1n) is 6.59. The minimum atomic E-state index is 0.569. The second kappa shape index (κ2) is 3.94. The molecule has 3 unspecified atom stereocenters. The molecular weight excluding hydrogens is 216 g/mol. The van der Waals surface area contributed by atoms with Gasteiger partial charge in [0.2, 0.25) is 0 Å². The maximum absolute atomic E-state index is 4.77. The zero-order chi connectivity index (χ0) is 11.2. The van der Waals surface area contributed by atoms with Gasteiger partial charge in [0.1, 0.15) is 0 Å². The van der Waals surface area contributed by atoms with Crippen LogP contribution in [0.3, 0.4) is 0 Å². The molecule has 2 saturated carbocycles. The highest BCUT2D eigenvalue weighted by Gasteiger charge is 2.45. The summed E-state index contributed by atoms with van der Waals surface area (Å²) in [5.41, 5.74) is 0.569. The number of rotatable bonds is 2. The Morgan fingerprint density at radius 3 is 3.00 bits per heavy atom. The topological polar surface area (TPSA) is 24.4 Å². The van der Waals surface area contributed by atoms with Crippen LogP contribution in [-0.2, 0) is 0 Å². The van der Waals surface area contributed by atoms with E-state index in [1.54, 1.807) is 0 Å². The van der Waals surface area contributed by atoms with Crippen molar-refractivity contribution in [2.24, 2.45) is 22.2 Å². The van der Waals surface area contributed by atoms with Gasteiger partial charge in [0.05, 0.1) is 0 Å². The average molecular weight is 238 g/mol. The molecule has 0 radical (unpaired) electrons. The van der Waals surface area contributed by atoms with Gasteiger partial charge in [0.25, 0.3) is 0 Å². The van der Waals surface area contributed by atoms with Gasteiger partial charge in [0.15, 0.2) is 5.17 Å². The number of fused-ring (bicyclic) bond motifs is 1. The van der Waals surface area contributed by atoms with Crippen molar-refractivity contribution in [3.63, 3.8) is 0 Å². The predicted octanol–water partition coefficient (Wildman–Crippen LogP) is 2.89. The van der Waals surface area contributed by atoms with E-state index in [4.69, 9.17) is 4.99 Å². The van der Waals surface area contributed by atoms with Crippen LogP contribution in [-0.4, -0.2) is 23.5 Å². The van der Waals surface area contributed by atoms with Crippen LogP contribution in [0.25, 0.3) is 0 Å². The molecule has 16 heavy (non-hydrogen) atoms. The van der Waals surface area contributed by atoms with Crippen LogP contribution in [0.1, 0.15) is 39.5 Å². The summed E-state index contributed by atoms with van der Waals surface area (Å²) in [5.74, 6) is 3.05. The van der Waals surface area contributed by atoms with E-state index in [0.717, 1.165) is 24.4 Å². The third-order valence-electron chi connectivity index (χ3n) is 4.57. The van der Waals surface area contributed by atoms with Crippen LogP contribution in [0.2, 0.25) is 0 Å². The van der Waals surface area contributed by atoms with Crippen LogP contribution in [0.5, 0.6) is 0 Å². The molecule has 1 saturated heterocycles. The summed E-state index contributed by atoms with van der Waals surface area (Å²) in [7, 11) is 0. The van der Waals surface area contributed by atoms with Crippen LogP contribution in [0, 0.1) is 17.3 Å². The van der Waals surface area contributed by atoms with E-state index in [1.807, 2.05) is 11.8 Å². The SMILES string of the molecule is CC1(C)CC1CN=C1NC2CCCC2CS1. The molecular formula is C13H22N2S. The molecule has 0 aromatic carbocycles. The summed E-state index contributed by atoms with van der Waals surface area (Å²) in [6.07, 6.45) is 5.55. The van der Waals surface area contributed by atoms with Gasteiger partial charge < -0.3 is 5.32 Å². The lowest BCUT2D eigenvalue weighted by Gasteiger charge is -2.28. The van der Waals surface area contributed by atoms with Crippen molar-refractivity contribution < 1.29 is 0 Å². The molecule has 0 bridgehead atoms. The fourth-order valence-corrected chi connectivity index (χ4v) is 4.16. The molecule has 0 spiro atoms. The van der Waals surface area contributed by atoms with Gasteiger partial charge in [-0.1, -0.05) is 32.0 Å². The number of amidine groups is 1. The molecule has 0 amide bonds. The standard InChI is InChI=1S/C13H22N2S/c1-13(2)6-10(13)7-14-12-15-11-5-3-4-9(11)8-16-12/h9-11H,3-8H2,1-2H3,(H,14,15). The normalized spacial score (nSPS) is 42.9. The Balaban J connectivity index is 1.54. The van der Waals surface area contributed by atoms with Gasteiger partial charge >= 0.3 is 0 Å². The second-order valence-electron chi connectivity index (χ2n) is 6.29. The van der Waals surface area contributed by atoms with Crippen LogP contribution in [0.15, 0.2) is 4.99 Å². The Kier molecular flexibility index (Phi) is 2.69. The molecule has 1 N–H and O–H groups in total. The lowest BCUT2D eigenvalue weighted by Crippen LogP contribution is -2.41. The molecule has 1 aliphatic heterocycles. The Morgan fingerprint density at radius 2 is 2.25 bits per heavy atom. The second-order valence-corrected chi connectivity index (χ2v) is 7.30. The molecule has 3 rings (SSSR count). The van der Waals surface area contributed by atoms with E-state index in [1.165, 1.54) is 36.6 Å². The van der Waals surface area contributed by atoms with E-state index in [0.29, 0.717) is 5.41 Å². The zero-order valence-electron chi connectivity index (χ0n) is 10.3. The smallest absolute Gasteiger partial charge is 0.156 e. The van der Waals surface area contributed by atoms with Crippen molar-refractivity contribution in [3.05, 3.63) is 0 Å². The largest absolute Gasteiger partial charge is 0.362 e. The van der Waals surface area contributed by atoms with Crippen molar-refractivity contribution >= 4 is 16.9 Å². The lowest BCUT2D eigenvalue weighted by atomic mass is 10.1. The van der Waals surface area contributed by atoms with Gasteiger partial charge in [-0.25, -0.2) is 0 Å². The lowest BCUT2D eigenvalue weighted by molar-refractivity contribution is 0.488. The maximum Gasteiger partial charge on any atom is 0.156 e. The zero-order valence-corrected chi connectivity index (χ0v) is 11.1. The van der Waals surface area contributed by atoms with Crippen LogP contribution < -0.4 is 5.32 Å². The summed E-state index contributed by atoms with van der Waals surface area (Å²) in [5, 5.41) is 4.87. The molecule has 3 fully saturated rings. The maximum atomic E-state index is 4.77. The quantitative estimate of drug-likeness (QED) is 0.800. The molecule has 90 valence electrons. The monoisotopic (exact) mass is 238 g/mol. The van der Waals surface area contributed by atoms with E-state index in [2.05, 4.69) is 19.2 Å². The van der Waals surface area contributed by atoms with Gasteiger partial charge in [-0.05, 0) is 36.5 Å². The Hall–Kier alpha value is -0.180. The number of nitrogens with zero attached hydrogens (tertiary/aromatic N) is 1. The molecule has 2 nitrogen and oxygen atoms in total. The van der Waals surface area contributed by atoms with Gasteiger partial charge in [-0.15, -0.1) is 0 Å². The minimum absolute atomic E-state index is 0.569. The minimum Gasteiger partial charge on any atom is -0.362 e. The van der Waals surface area contributed by atoms with E-state index in [9.17, 15) is 0 Å². The van der Waals surface area contributed by atoms with Gasteiger partial charge in [0, 0.05) is 18.3 Å². The van der Waals surface area contributed by atoms with Gasteiger partial charge in [-0.3, -0.25) is 4.99 Å². The van der Waals surface area contributed by atoms with Crippen molar-refractivity contribution in [2.45, 2.75) is 45.6 Å². The van der Waals surface area contributed by atoms with Crippen LogP contribution in [0.4, 0.5) is 0 Å². The fourth-order valence-electron chi connectivity index (χ4n) is 2.98. The first kappa shape index (κ1) is 10.9. The molecule has 2 aliphatic carbocycles. The van der Waals surface area contributed by atoms with E-state index >= 15 is 0 Å². The van der Waals surface area contributed by atoms with Crippen LogP contribution >= 0.6 is 11.8 Å². The summed E-state index contributed by atoms with van der Waals surface area (Å²) in [6.45, 7) is 5.75. The predicted molar refractivity (Wildman–Crippen MR) is 70.9 cm³/mol. The third-order valence-corrected chi connectivity index (χ3v) is 5.69. The number of thioether (sulfide) groups is 1. The fraction of sp³-hybridized carbons (Fsp3) is 0.923. The first-order valence-corrected chi connectivity index (χ1v) is 7.57. The highest BCUT2D eigenvalue weighted by molar-refractivity contribution is 8.13. The van der Waals surface area contributed by atoms with Gasteiger partial charge in [-0.2, -0.15) is 0 Å². The number of hydrogen-bond acceptors (Lipinski definition) is 2. The highest BCUT2D eigenvalue weighted by atomic mass is 32.2. The summed E-state index contributed by atoms with van der Waals surface area (Å²) < 4.78 is 0. The first-order chi connectivity index (χ1) is 7.65. The van der Waals surface area contributed by atoms with E-state index < -0.39 is 0 Å². The number of aliphatic imine (C=N–C) groups is 1. The average Bonchev–Trinajstić information content (AvgIpc) is 2.69. The Labute approximate surface area is 103 Å². The Morgan fingerprint density at radius 1 is 1.44 bits per heavy atom. The molecule has 0 aromatic heterocycles. The number of nitrogens with one attached hydrogen (secondary N) is 1. The highest BCUT2D eigenvalue weighted by Crippen LogP contribution is 2.51. The summed E-state index contributed by atoms with van der Waals surface area (Å²) in [6, 6.07) is 0.743. The van der Waals surface area contributed by atoms with E-state index in [-0.39, 0.29) is 0 Å².